The van der Waals surface area contributed by atoms with E-state index < -0.39 is 12.1 Å². The Kier molecular flexibility index (Phi) is 6.04. The average molecular weight is 586 g/mol. The molecule has 0 spiro atoms. The van der Waals surface area contributed by atoms with Crippen molar-refractivity contribution in [1.82, 2.24) is 10.2 Å². The maximum Gasteiger partial charge on any atom is 0.410 e. The van der Waals surface area contributed by atoms with Crippen LogP contribution in [0.15, 0.2) is 18.2 Å². The Labute approximate surface area is 237 Å². The summed E-state index contributed by atoms with van der Waals surface area (Å²) in [6.45, 7) is 13.0. The van der Waals surface area contributed by atoms with Crippen LogP contribution < -0.4 is 9.74 Å². The zero-order valence-electron chi connectivity index (χ0n) is 22.5. The second kappa shape index (κ2) is 8.42. The van der Waals surface area contributed by atoms with Gasteiger partial charge in [-0.2, -0.15) is 0 Å². The van der Waals surface area contributed by atoms with Gasteiger partial charge in [-0.25, -0.2) is 4.79 Å². The molecule has 0 radical (unpaired) electrons. The molecule has 37 heavy (non-hydrogen) atoms. The summed E-state index contributed by atoms with van der Waals surface area (Å²) in [6.07, 6.45) is 5.15. The predicted octanol–water partition coefficient (Wildman–Crippen LogP) is 6.83. The summed E-state index contributed by atoms with van der Waals surface area (Å²) in [5.41, 5.74) is 3.25. The van der Waals surface area contributed by atoms with Gasteiger partial charge in [0.25, 0.3) is 0 Å². The Morgan fingerprint density at radius 2 is 1.97 bits per heavy atom. The molecular weight excluding hydrogens is 547 g/mol. The second-order valence-corrected chi connectivity index (χ2v) is 20.9. The van der Waals surface area contributed by atoms with E-state index in [2.05, 4.69) is 57.4 Å². The van der Waals surface area contributed by atoms with Crippen molar-refractivity contribution < 1.29 is 14.0 Å². The lowest BCUT2D eigenvalue weighted by molar-refractivity contribution is -0.0469. The van der Waals surface area contributed by atoms with E-state index in [0.29, 0.717) is 17.9 Å². The van der Waals surface area contributed by atoms with E-state index in [-0.39, 0.29) is 34.6 Å². The van der Waals surface area contributed by atoms with E-state index in [1.54, 1.807) is 0 Å². The third kappa shape index (κ3) is 3.82. The highest BCUT2D eigenvalue weighted by Crippen LogP contribution is 2.74. The monoisotopic (exact) mass is 584 g/mol. The summed E-state index contributed by atoms with van der Waals surface area (Å²) in [6, 6.07) is 7.59. The van der Waals surface area contributed by atoms with E-state index in [1.807, 2.05) is 4.90 Å². The number of hydrogen-bond donors (Lipinski definition) is 1. The van der Waals surface area contributed by atoms with Crippen LogP contribution in [0.2, 0.25) is 18.1 Å². The Morgan fingerprint density at radius 3 is 2.68 bits per heavy atom. The number of carbonyl (C=O) groups is 1. The highest BCUT2D eigenvalue weighted by atomic mass is 35.6. The van der Waals surface area contributed by atoms with Crippen molar-refractivity contribution in [2.45, 2.75) is 92.3 Å². The van der Waals surface area contributed by atoms with Gasteiger partial charge in [0.05, 0.1) is 0 Å². The van der Waals surface area contributed by atoms with Crippen LogP contribution in [0.5, 0.6) is 5.75 Å². The van der Waals surface area contributed by atoms with Crippen molar-refractivity contribution in [3.63, 3.8) is 0 Å². The number of rotatable bonds is 3. The zero-order valence-corrected chi connectivity index (χ0v) is 25.8. The zero-order chi connectivity index (χ0) is 26.6. The molecule has 5 aliphatic rings. The number of hydrogen-bond acceptors (Lipinski definition) is 4. The van der Waals surface area contributed by atoms with Crippen LogP contribution in [0.4, 0.5) is 4.79 Å². The number of amides is 1. The van der Waals surface area contributed by atoms with Gasteiger partial charge in [0, 0.05) is 24.0 Å². The number of likely N-dealkylation sites (tertiary alicyclic amines) is 1. The molecule has 5 nitrogen and oxygen atoms in total. The first-order chi connectivity index (χ1) is 17.2. The maximum absolute atomic E-state index is 13.2. The first-order valence-electron chi connectivity index (χ1n) is 13.7. The number of alkyl halides is 3. The first kappa shape index (κ1) is 26.6. The molecule has 6 rings (SSSR count). The van der Waals surface area contributed by atoms with E-state index in [1.165, 1.54) is 11.1 Å². The Balaban J connectivity index is 1.39. The number of nitrogens with one attached hydrogen (secondary N) is 1. The maximum atomic E-state index is 13.2. The molecule has 1 amide bonds. The quantitative estimate of drug-likeness (QED) is 0.312. The highest BCUT2D eigenvalue weighted by molar-refractivity contribution is 6.74. The molecule has 2 saturated heterocycles. The van der Waals surface area contributed by atoms with Gasteiger partial charge in [-0.15, -0.1) is 0 Å². The standard InChI is InChI=1S/C28H39Cl3N2O3Si/c1-25(2,3)37(4,5)36-19-7-6-17-12-22-26-9-8-21-23(27(26,10-11-32-22)20(17)13-19)18(14-26)15-33(21)24(34)35-16-28(29,30)31/h6-7,13,18,21-23,32H,8-12,14-16H2,1-5H3/t18-,21-,22-,23-,26-,27+/m1/s1. The summed E-state index contributed by atoms with van der Waals surface area (Å²) in [5.74, 6) is 1.91. The first-order valence-corrected chi connectivity index (χ1v) is 17.8. The molecule has 0 aromatic heterocycles. The lowest BCUT2D eigenvalue weighted by Gasteiger charge is -2.64. The van der Waals surface area contributed by atoms with Crippen LogP contribution in [0.25, 0.3) is 0 Å². The minimum atomic E-state index is -1.97. The molecule has 1 N–H and O–H groups in total. The van der Waals surface area contributed by atoms with Crippen LogP contribution >= 0.6 is 34.8 Å². The molecule has 1 aromatic carbocycles. The second-order valence-electron chi connectivity index (χ2n) is 13.7. The number of nitrogens with zero attached hydrogens (tertiary/aromatic N) is 1. The topological polar surface area (TPSA) is 50.8 Å². The molecule has 3 aliphatic carbocycles. The van der Waals surface area contributed by atoms with Gasteiger partial charge in [-0.3, -0.25) is 0 Å². The van der Waals surface area contributed by atoms with Gasteiger partial charge in [0.15, 0.2) is 0 Å². The Bertz CT molecular complexity index is 1120. The molecule has 2 heterocycles. The molecule has 4 bridgehead atoms. The Morgan fingerprint density at radius 1 is 1.22 bits per heavy atom. The van der Waals surface area contributed by atoms with E-state index in [9.17, 15) is 4.79 Å². The van der Waals surface area contributed by atoms with Gasteiger partial charge in [0.1, 0.15) is 12.4 Å². The van der Waals surface area contributed by atoms with Crippen molar-refractivity contribution in [3.05, 3.63) is 29.3 Å². The van der Waals surface area contributed by atoms with Crippen LogP contribution in [0.1, 0.15) is 57.6 Å². The minimum absolute atomic E-state index is 0.0567. The average Bonchev–Trinajstić information content (AvgIpc) is 3.23. The minimum Gasteiger partial charge on any atom is -0.543 e. The normalized spacial score (nSPS) is 36.2. The van der Waals surface area contributed by atoms with Crippen molar-refractivity contribution in [2.24, 2.45) is 17.3 Å². The third-order valence-electron chi connectivity index (χ3n) is 11.1. The fraction of sp³-hybridized carbons (Fsp3) is 0.750. The number of piperidine rings is 1. The molecule has 2 saturated carbocycles. The third-order valence-corrected chi connectivity index (χ3v) is 15.7. The number of ether oxygens (including phenoxy) is 1. The smallest absolute Gasteiger partial charge is 0.410 e. The molecule has 0 unspecified atom stereocenters. The van der Waals surface area contributed by atoms with Gasteiger partial charge >= 0.3 is 6.09 Å². The summed E-state index contributed by atoms with van der Waals surface area (Å²) in [4.78, 5) is 15.2. The van der Waals surface area contributed by atoms with Crippen LogP contribution in [-0.2, 0) is 16.6 Å². The lowest BCUT2D eigenvalue weighted by atomic mass is 9.44. The number of benzene rings is 1. The van der Waals surface area contributed by atoms with Crippen LogP contribution in [0.3, 0.4) is 0 Å². The van der Waals surface area contributed by atoms with E-state index in [0.717, 1.165) is 50.9 Å². The number of fused-ring (bicyclic) bond motifs is 1. The van der Waals surface area contributed by atoms with E-state index in [4.69, 9.17) is 44.0 Å². The molecule has 1 aromatic rings. The molecule has 2 aliphatic heterocycles. The number of carbonyl (C=O) groups excluding carboxylic acids is 1. The van der Waals surface area contributed by atoms with Crippen molar-refractivity contribution in [1.29, 1.82) is 0 Å². The number of halogens is 3. The van der Waals surface area contributed by atoms with Crippen molar-refractivity contribution >= 4 is 49.2 Å². The van der Waals surface area contributed by atoms with E-state index >= 15 is 0 Å². The molecule has 4 fully saturated rings. The largest absolute Gasteiger partial charge is 0.543 e. The fourth-order valence-electron chi connectivity index (χ4n) is 8.83. The van der Waals surface area contributed by atoms with Crippen molar-refractivity contribution in [3.8, 4) is 5.75 Å². The highest BCUT2D eigenvalue weighted by Gasteiger charge is 2.75. The summed E-state index contributed by atoms with van der Waals surface area (Å²) >= 11 is 17.6. The molecular formula is C28H39Cl3N2O3Si. The lowest BCUT2D eigenvalue weighted by Crippen LogP contribution is -2.69. The van der Waals surface area contributed by atoms with Crippen LogP contribution in [0, 0.1) is 17.3 Å². The Hall–Kier alpha value is -0.663. The van der Waals surface area contributed by atoms with Gasteiger partial charge in [-0.05, 0) is 97.3 Å². The molecule has 204 valence electrons. The van der Waals surface area contributed by atoms with Gasteiger partial charge in [0.2, 0.25) is 12.1 Å². The molecule has 9 heteroatoms. The fourth-order valence-corrected chi connectivity index (χ4v) is 10.0. The summed E-state index contributed by atoms with van der Waals surface area (Å²) in [7, 11) is -1.97. The predicted molar refractivity (Wildman–Crippen MR) is 151 cm³/mol. The van der Waals surface area contributed by atoms with Crippen molar-refractivity contribution in [2.75, 3.05) is 19.7 Å². The van der Waals surface area contributed by atoms with Crippen LogP contribution in [-0.4, -0.2) is 54.9 Å². The summed E-state index contributed by atoms with van der Waals surface area (Å²) in [5, 5.41) is 4.07. The van der Waals surface area contributed by atoms with Gasteiger partial charge in [-0.1, -0.05) is 61.6 Å². The van der Waals surface area contributed by atoms with Gasteiger partial charge < -0.3 is 19.4 Å². The SMILES string of the molecule is CC(C)(C)[Si](C)(C)Oc1ccc2c(c1)[C@]13CCN[C@H](C2)[C@]12CC[C@@H]1[C@H]3[C@@H](CN1C(=O)OCC(Cl)(Cl)Cl)C2. The summed E-state index contributed by atoms with van der Waals surface area (Å²) < 4.78 is 10.7. The molecule has 6 atom stereocenters.